The van der Waals surface area contributed by atoms with Crippen LogP contribution in [-0.2, 0) is 57.1 Å². The Labute approximate surface area is 460 Å². The predicted octanol–water partition coefficient (Wildman–Crippen LogP) is 7.71. The van der Waals surface area contributed by atoms with Gasteiger partial charge in [-0.15, -0.1) is 0 Å². The van der Waals surface area contributed by atoms with E-state index in [0.29, 0.717) is 62.7 Å². The molecule has 2 bridgehead atoms. The van der Waals surface area contributed by atoms with Crippen molar-refractivity contribution in [3.8, 4) is 0 Å². The van der Waals surface area contributed by atoms with E-state index < -0.39 is 77.8 Å². The second-order valence-corrected chi connectivity index (χ2v) is 24.1. The normalized spacial score (nSPS) is 37.4. The lowest BCUT2D eigenvalue weighted by Gasteiger charge is -2.56. The molecule has 0 radical (unpaired) electrons. The van der Waals surface area contributed by atoms with E-state index in [0.717, 1.165) is 31.4 Å². The van der Waals surface area contributed by atoms with E-state index in [2.05, 4.69) is 4.90 Å². The molecular formula is C61H96N2O14. The van der Waals surface area contributed by atoms with Crippen LogP contribution in [0.3, 0.4) is 0 Å². The summed E-state index contributed by atoms with van der Waals surface area (Å²) in [6, 6.07) is -1.14. The van der Waals surface area contributed by atoms with E-state index in [9.17, 15) is 34.2 Å². The van der Waals surface area contributed by atoms with Crippen molar-refractivity contribution in [1.29, 1.82) is 0 Å². The molecule has 15 atom stereocenters. The van der Waals surface area contributed by atoms with Gasteiger partial charge in [-0.25, -0.2) is 4.79 Å². The molecule has 0 aromatic heterocycles. The van der Waals surface area contributed by atoms with Gasteiger partial charge in [0.05, 0.1) is 44.2 Å². The van der Waals surface area contributed by atoms with Gasteiger partial charge in [-0.05, 0) is 125 Å². The summed E-state index contributed by atoms with van der Waals surface area (Å²) in [5, 5.41) is 23.8. The van der Waals surface area contributed by atoms with Gasteiger partial charge in [0.15, 0.2) is 5.78 Å². The van der Waals surface area contributed by atoms with Crippen LogP contribution in [0.2, 0.25) is 0 Å². The average molecular weight is 1080 g/mol. The Morgan fingerprint density at radius 2 is 1.56 bits per heavy atom. The minimum absolute atomic E-state index is 0.00743. The van der Waals surface area contributed by atoms with E-state index in [-0.39, 0.29) is 73.9 Å². The Bertz CT molecular complexity index is 2090. The summed E-state index contributed by atoms with van der Waals surface area (Å²) in [4.78, 5) is 75.6. The number of hydrogen-bond donors (Lipinski definition) is 2. The number of amides is 1. The lowest BCUT2D eigenvalue weighted by Crippen LogP contribution is -2.61. The third kappa shape index (κ3) is 16.6. The molecular weight excluding hydrogens is 985 g/mol. The number of aliphatic hydroxyl groups excluding tert-OH is 1. The van der Waals surface area contributed by atoms with Crippen molar-refractivity contribution in [2.45, 2.75) is 199 Å². The van der Waals surface area contributed by atoms with E-state index in [1.807, 2.05) is 58.1 Å². The highest BCUT2D eigenvalue weighted by atomic mass is 16.6. The Balaban J connectivity index is 1.24. The first-order chi connectivity index (χ1) is 36.7. The zero-order valence-electron chi connectivity index (χ0n) is 48.3. The summed E-state index contributed by atoms with van der Waals surface area (Å²) in [6.07, 6.45) is 16.6. The fourth-order valence-corrected chi connectivity index (χ4v) is 12.9. The number of aliphatic hydroxyl groups is 2. The van der Waals surface area contributed by atoms with Gasteiger partial charge < -0.3 is 48.3 Å². The van der Waals surface area contributed by atoms with E-state index >= 15 is 0 Å². The van der Waals surface area contributed by atoms with Gasteiger partial charge in [-0.1, -0.05) is 77.5 Å². The largest absolute Gasteiger partial charge is 0.460 e. The molecule has 2 saturated carbocycles. The molecule has 1 amide bonds. The fraction of sp³-hybridized carbons (Fsp3) is 0.787. The van der Waals surface area contributed by atoms with Crippen LogP contribution in [0.15, 0.2) is 47.6 Å². The minimum Gasteiger partial charge on any atom is -0.460 e. The number of ketones is 3. The van der Waals surface area contributed by atoms with Crippen LogP contribution in [0.25, 0.3) is 0 Å². The number of nitrogens with zero attached hydrogens (tertiary/aromatic N) is 2. The first-order valence-electron chi connectivity index (χ1n) is 29.1. The standard InChI is InChI=1S/C61H96N2O14/c1-39-17-12-11-13-18-40(2)51(75-30-29-71-8)35-47-22-20-45(7)61(70,77-47)57(67)58(68)63-26-15-14-19-48(63)59(69)76-52(36-49(64)41(3)32-44(6)55(66)56(73-10)54(65)43(5)31-39)42(4)33-46-21-23-50(53(34-46)72-9)74-28-27-62-37-60(38-62)24-16-25-60/h11-13,17-18,32,39,41-43,45-48,50-53,55-56,66,70H,14-16,19-31,33-38H2,1-10H3/b13-11?,17-12+,40-18?,44-32+/t39-,41-,42-,43-,45-,46+,47+,48?,50-,51?,52+,53-,55-,56+,61-/m1/s1. The van der Waals surface area contributed by atoms with Crippen molar-refractivity contribution >= 4 is 29.2 Å². The van der Waals surface area contributed by atoms with Crippen LogP contribution in [-0.4, -0.2) is 171 Å². The summed E-state index contributed by atoms with van der Waals surface area (Å²) in [5.41, 5.74) is 1.83. The number of carbonyl (C=O) groups is 5. The number of ether oxygens (including phenoxy) is 7. The Morgan fingerprint density at radius 3 is 2.25 bits per heavy atom. The second kappa shape index (κ2) is 29.3. The second-order valence-electron chi connectivity index (χ2n) is 24.1. The van der Waals surface area contributed by atoms with E-state index in [4.69, 9.17) is 33.2 Å². The summed E-state index contributed by atoms with van der Waals surface area (Å²) < 4.78 is 42.4. The predicted molar refractivity (Wildman–Crippen MR) is 292 cm³/mol. The zero-order chi connectivity index (χ0) is 56.0. The Hall–Kier alpha value is -3.45. The molecule has 5 fully saturated rings. The molecule has 6 rings (SSSR count). The third-order valence-electron chi connectivity index (χ3n) is 18.0. The van der Waals surface area contributed by atoms with Crippen LogP contribution in [0.1, 0.15) is 145 Å². The van der Waals surface area contributed by atoms with Gasteiger partial charge >= 0.3 is 5.97 Å². The molecule has 16 nitrogen and oxygen atoms in total. The van der Waals surface area contributed by atoms with Gasteiger partial charge in [0.2, 0.25) is 5.79 Å². The first-order valence-corrected chi connectivity index (χ1v) is 29.1. The molecule has 0 aromatic carbocycles. The maximum Gasteiger partial charge on any atom is 0.329 e. The monoisotopic (exact) mass is 1080 g/mol. The van der Waals surface area contributed by atoms with Gasteiger partial charge in [0.1, 0.15) is 30.1 Å². The maximum atomic E-state index is 14.7. The van der Waals surface area contributed by atoms with Crippen molar-refractivity contribution in [3.05, 3.63) is 47.6 Å². The number of piperidine rings is 1. The summed E-state index contributed by atoms with van der Waals surface area (Å²) in [7, 11) is 4.70. The van der Waals surface area contributed by atoms with Gasteiger partial charge in [-0.3, -0.25) is 24.1 Å². The number of allylic oxidation sites excluding steroid dienone is 6. The van der Waals surface area contributed by atoms with Crippen molar-refractivity contribution in [2.24, 2.45) is 40.9 Å². The van der Waals surface area contributed by atoms with Crippen molar-refractivity contribution in [3.63, 3.8) is 0 Å². The fourth-order valence-electron chi connectivity index (χ4n) is 12.9. The third-order valence-corrected chi connectivity index (χ3v) is 18.0. The molecule has 2 unspecified atom stereocenters. The maximum absolute atomic E-state index is 14.7. The van der Waals surface area contributed by atoms with Crippen molar-refractivity contribution in [2.75, 3.05) is 67.3 Å². The van der Waals surface area contributed by atoms with Crippen LogP contribution in [0.5, 0.6) is 0 Å². The van der Waals surface area contributed by atoms with Gasteiger partial charge in [0.25, 0.3) is 11.7 Å². The first kappa shape index (κ1) is 62.7. The summed E-state index contributed by atoms with van der Waals surface area (Å²) in [6.45, 7) is 17.5. The molecule has 77 heavy (non-hydrogen) atoms. The van der Waals surface area contributed by atoms with Crippen LogP contribution < -0.4 is 0 Å². The van der Waals surface area contributed by atoms with Crippen LogP contribution >= 0.6 is 0 Å². The van der Waals surface area contributed by atoms with E-state index in [1.165, 1.54) is 44.4 Å². The molecule has 2 aliphatic carbocycles. The topological polar surface area (TPSA) is 197 Å². The number of methoxy groups -OCH3 is 3. The molecule has 6 aliphatic rings. The van der Waals surface area contributed by atoms with E-state index in [1.54, 1.807) is 41.1 Å². The minimum atomic E-state index is -2.45. The molecule has 434 valence electrons. The average Bonchev–Trinajstić information content (AvgIpc) is 3.40. The van der Waals surface area contributed by atoms with Crippen molar-refractivity contribution < 1.29 is 67.3 Å². The Kier molecular flexibility index (Phi) is 23.9. The number of fused-ring (bicyclic) bond motifs is 3. The molecule has 3 saturated heterocycles. The highest BCUT2D eigenvalue weighted by Crippen LogP contribution is 2.48. The van der Waals surface area contributed by atoms with Gasteiger partial charge in [0, 0.05) is 78.1 Å². The number of Topliss-reactive ketones (excluding diaryl/α,β-unsaturated/α-hetero) is 3. The molecule has 4 heterocycles. The number of likely N-dealkylation sites (tertiary alicyclic amines) is 1. The number of cyclic esters (lactones) is 1. The lowest BCUT2D eigenvalue weighted by molar-refractivity contribution is -0.266. The van der Waals surface area contributed by atoms with Gasteiger partial charge in [-0.2, -0.15) is 0 Å². The van der Waals surface area contributed by atoms with Crippen molar-refractivity contribution in [1.82, 2.24) is 9.80 Å². The highest BCUT2D eigenvalue weighted by molar-refractivity contribution is 6.39. The summed E-state index contributed by atoms with van der Waals surface area (Å²) in [5.74, 6) is -7.85. The summed E-state index contributed by atoms with van der Waals surface area (Å²) >= 11 is 0. The number of hydrogen-bond acceptors (Lipinski definition) is 15. The zero-order valence-corrected chi connectivity index (χ0v) is 48.3. The van der Waals surface area contributed by atoms with Crippen LogP contribution in [0, 0.1) is 40.9 Å². The molecule has 2 N–H and O–H groups in total. The number of esters is 1. The number of carbonyl (C=O) groups excluding carboxylic acids is 5. The quantitative estimate of drug-likeness (QED) is 0.0787. The molecule has 4 aliphatic heterocycles. The molecule has 1 spiro atoms. The Morgan fingerprint density at radius 1 is 0.805 bits per heavy atom. The smallest absolute Gasteiger partial charge is 0.329 e. The molecule has 0 aromatic rings. The highest BCUT2D eigenvalue weighted by Gasteiger charge is 2.53. The number of rotatable bonds is 13. The lowest BCUT2D eigenvalue weighted by atomic mass is 9.63. The molecule has 16 heteroatoms. The SMILES string of the molecule is COCCOC1C[C@@H]2CC[C@@H](C)[C@@](O)(O2)C(=O)C(=O)N2CCCCC2C(=O)O[C@H]([C@H](C)C[C@@H]2CC[C@@H](OCCN3CC4(CCC4)C3)[C@H](OC)C2)CC(=O)[C@H](C)/C=C(\C)[C@@H](O)[C@@H](OC)C(=O)[C@H](C)C[C@H](C)/C=C/C=CC=C1C. The van der Waals surface area contributed by atoms with Crippen LogP contribution in [0.4, 0.5) is 0 Å².